The molecular formula is C18H21ClN2O. The molecule has 1 fully saturated rings. The Morgan fingerprint density at radius 3 is 2.64 bits per heavy atom. The lowest BCUT2D eigenvalue weighted by Crippen LogP contribution is -2.29. The second-order valence-electron chi connectivity index (χ2n) is 5.72. The molecule has 2 N–H and O–H groups in total. The predicted molar refractivity (Wildman–Crippen MR) is 92.3 cm³/mol. The van der Waals surface area contributed by atoms with Crippen LogP contribution in [0, 0.1) is 5.92 Å². The monoisotopic (exact) mass is 316 g/mol. The van der Waals surface area contributed by atoms with E-state index < -0.39 is 0 Å². The van der Waals surface area contributed by atoms with Crippen LogP contribution in [-0.2, 0) is 6.42 Å². The van der Waals surface area contributed by atoms with E-state index in [1.807, 2.05) is 23.1 Å². The zero-order valence-electron chi connectivity index (χ0n) is 12.4. The lowest BCUT2D eigenvalue weighted by atomic mass is 9.99. The summed E-state index contributed by atoms with van der Waals surface area (Å²) < 4.78 is 0. The topological polar surface area (TPSA) is 46.3 Å². The van der Waals surface area contributed by atoms with Gasteiger partial charge in [-0.2, -0.15) is 0 Å². The van der Waals surface area contributed by atoms with Gasteiger partial charge in [-0.05, 0) is 42.5 Å². The van der Waals surface area contributed by atoms with Crippen LogP contribution >= 0.6 is 12.4 Å². The largest absolute Gasteiger partial charge is 0.399 e. The minimum absolute atomic E-state index is 0. The molecule has 1 amide bonds. The highest BCUT2D eigenvalue weighted by molar-refractivity contribution is 5.95. The van der Waals surface area contributed by atoms with Crippen molar-refractivity contribution in [3.8, 4) is 0 Å². The van der Waals surface area contributed by atoms with Gasteiger partial charge in [0.05, 0.1) is 0 Å². The van der Waals surface area contributed by atoms with E-state index in [2.05, 4.69) is 24.3 Å². The maximum atomic E-state index is 12.5. The molecule has 1 saturated heterocycles. The van der Waals surface area contributed by atoms with E-state index in [-0.39, 0.29) is 18.3 Å². The van der Waals surface area contributed by atoms with Crippen molar-refractivity contribution in [3.05, 3.63) is 65.7 Å². The molecule has 2 aromatic rings. The van der Waals surface area contributed by atoms with Crippen LogP contribution in [0.25, 0.3) is 0 Å². The average Bonchev–Trinajstić information content (AvgIpc) is 2.96. The molecule has 0 spiro atoms. The zero-order valence-corrected chi connectivity index (χ0v) is 13.3. The first-order chi connectivity index (χ1) is 10.2. The summed E-state index contributed by atoms with van der Waals surface area (Å²) in [5.41, 5.74) is 8.43. The fourth-order valence-corrected chi connectivity index (χ4v) is 2.99. The number of nitrogen functional groups attached to an aromatic ring is 1. The van der Waals surface area contributed by atoms with Crippen LogP contribution in [0.2, 0.25) is 0 Å². The Kier molecular flexibility index (Phi) is 5.45. The summed E-state index contributed by atoms with van der Waals surface area (Å²) in [5, 5.41) is 0. The van der Waals surface area contributed by atoms with Crippen molar-refractivity contribution in [2.45, 2.75) is 12.8 Å². The number of carbonyl (C=O) groups excluding carboxylic acids is 1. The summed E-state index contributed by atoms with van der Waals surface area (Å²) in [6.07, 6.45) is 2.12. The molecule has 0 aliphatic carbocycles. The van der Waals surface area contributed by atoms with Gasteiger partial charge in [-0.3, -0.25) is 4.79 Å². The van der Waals surface area contributed by atoms with Crippen molar-refractivity contribution in [1.82, 2.24) is 4.90 Å². The van der Waals surface area contributed by atoms with Crippen molar-refractivity contribution >= 4 is 24.0 Å². The highest BCUT2D eigenvalue weighted by Gasteiger charge is 2.26. The SMILES string of the molecule is Cl.Nc1cccc(C(=O)N2CCC(Cc3ccccc3)C2)c1. The molecule has 0 radical (unpaired) electrons. The van der Waals surface area contributed by atoms with E-state index in [0.29, 0.717) is 17.2 Å². The highest BCUT2D eigenvalue weighted by Crippen LogP contribution is 2.22. The fourth-order valence-electron chi connectivity index (χ4n) is 2.99. The molecule has 1 aliphatic rings. The van der Waals surface area contributed by atoms with E-state index in [0.717, 1.165) is 25.9 Å². The summed E-state index contributed by atoms with van der Waals surface area (Å²) in [7, 11) is 0. The third-order valence-corrected chi connectivity index (χ3v) is 4.07. The minimum atomic E-state index is 0. The molecule has 0 bridgehead atoms. The Bertz CT molecular complexity index is 630. The number of hydrogen-bond acceptors (Lipinski definition) is 2. The molecular weight excluding hydrogens is 296 g/mol. The van der Waals surface area contributed by atoms with E-state index in [4.69, 9.17) is 5.73 Å². The molecule has 3 rings (SSSR count). The third kappa shape index (κ3) is 3.80. The molecule has 1 atom stereocenters. The number of nitrogens with two attached hydrogens (primary N) is 1. The predicted octanol–water partition coefficient (Wildman–Crippen LogP) is 3.40. The van der Waals surface area contributed by atoms with Crippen LogP contribution in [0.15, 0.2) is 54.6 Å². The van der Waals surface area contributed by atoms with Crippen molar-refractivity contribution in [1.29, 1.82) is 0 Å². The average molecular weight is 317 g/mol. The Morgan fingerprint density at radius 1 is 1.14 bits per heavy atom. The van der Waals surface area contributed by atoms with Crippen LogP contribution in [0.1, 0.15) is 22.3 Å². The highest BCUT2D eigenvalue weighted by atomic mass is 35.5. The standard InChI is InChI=1S/C18H20N2O.ClH/c19-17-8-4-7-16(12-17)18(21)20-10-9-15(13-20)11-14-5-2-1-3-6-14;/h1-8,12,15H,9-11,13,19H2;1H. The molecule has 2 aromatic carbocycles. The van der Waals surface area contributed by atoms with Gasteiger partial charge in [-0.25, -0.2) is 0 Å². The van der Waals surface area contributed by atoms with Crippen molar-refractivity contribution in [2.24, 2.45) is 5.92 Å². The molecule has 116 valence electrons. The van der Waals surface area contributed by atoms with E-state index in [9.17, 15) is 4.79 Å². The fraction of sp³-hybridized carbons (Fsp3) is 0.278. The molecule has 3 nitrogen and oxygen atoms in total. The van der Waals surface area contributed by atoms with Gasteiger partial charge < -0.3 is 10.6 Å². The van der Waals surface area contributed by atoms with Gasteiger partial charge in [-0.15, -0.1) is 12.4 Å². The van der Waals surface area contributed by atoms with Gasteiger partial charge in [0.25, 0.3) is 5.91 Å². The van der Waals surface area contributed by atoms with E-state index in [1.54, 1.807) is 12.1 Å². The Morgan fingerprint density at radius 2 is 1.91 bits per heavy atom. The number of anilines is 1. The van der Waals surface area contributed by atoms with Crippen molar-refractivity contribution < 1.29 is 4.79 Å². The minimum Gasteiger partial charge on any atom is -0.399 e. The third-order valence-electron chi connectivity index (χ3n) is 4.07. The second kappa shape index (κ2) is 7.32. The van der Waals surface area contributed by atoms with Gasteiger partial charge >= 0.3 is 0 Å². The maximum absolute atomic E-state index is 12.5. The summed E-state index contributed by atoms with van der Waals surface area (Å²) in [6, 6.07) is 17.7. The molecule has 0 saturated carbocycles. The Labute approximate surface area is 137 Å². The first-order valence-corrected chi connectivity index (χ1v) is 7.41. The Balaban J connectivity index is 0.00000176. The molecule has 0 aromatic heterocycles. The number of likely N-dealkylation sites (tertiary alicyclic amines) is 1. The Hall–Kier alpha value is -2.00. The van der Waals surface area contributed by atoms with E-state index >= 15 is 0 Å². The molecule has 1 aliphatic heterocycles. The molecule has 4 heteroatoms. The lowest BCUT2D eigenvalue weighted by molar-refractivity contribution is 0.0787. The van der Waals surface area contributed by atoms with Crippen LogP contribution in [0.3, 0.4) is 0 Å². The smallest absolute Gasteiger partial charge is 0.253 e. The molecule has 1 unspecified atom stereocenters. The first kappa shape index (κ1) is 16.4. The summed E-state index contributed by atoms with van der Waals surface area (Å²) in [6.45, 7) is 1.67. The molecule has 1 heterocycles. The second-order valence-corrected chi connectivity index (χ2v) is 5.72. The quantitative estimate of drug-likeness (QED) is 0.882. The number of hydrogen-bond donors (Lipinski definition) is 1. The summed E-state index contributed by atoms with van der Waals surface area (Å²) >= 11 is 0. The summed E-state index contributed by atoms with van der Waals surface area (Å²) in [5.74, 6) is 0.648. The number of nitrogens with zero attached hydrogens (tertiary/aromatic N) is 1. The van der Waals surface area contributed by atoms with Gasteiger partial charge in [-0.1, -0.05) is 36.4 Å². The van der Waals surface area contributed by atoms with Crippen molar-refractivity contribution in [3.63, 3.8) is 0 Å². The normalized spacial score (nSPS) is 17.1. The van der Waals surface area contributed by atoms with Crippen LogP contribution in [-0.4, -0.2) is 23.9 Å². The summed E-state index contributed by atoms with van der Waals surface area (Å²) in [4.78, 5) is 14.4. The zero-order chi connectivity index (χ0) is 14.7. The van der Waals surface area contributed by atoms with Crippen LogP contribution in [0.4, 0.5) is 5.69 Å². The molecule has 22 heavy (non-hydrogen) atoms. The van der Waals surface area contributed by atoms with Gasteiger partial charge in [0.1, 0.15) is 0 Å². The number of carbonyl (C=O) groups is 1. The van der Waals surface area contributed by atoms with Gasteiger partial charge in [0.15, 0.2) is 0 Å². The maximum Gasteiger partial charge on any atom is 0.253 e. The number of rotatable bonds is 3. The lowest BCUT2D eigenvalue weighted by Gasteiger charge is -2.17. The van der Waals surface area contributed by atoms with Crippen molar-refractivity contribution in [2.75, 3.05) is 18.8 Å². The number of amides is 1. The van der Waals surface area contributed by atoms with E-state index in [1.165, 1.54) is 5.56 Å². The first-order valence-electron chi connectivity index (χ1n) is 7.41. The van der Waals surface area contributed by atoms with Gasteiger partial charge in [0, 0.05) is 24.3 Å². The van der Waals surface area contributed by atoms with Crippen LogP contribution < -0.4 is 5.73 Å². The van der Waals surface area contributed by atoms with Crippen LogP contribution in [0.5, 0.6) is 0 Å². The number of benzene rings is 2. The van der Waals surface area contributed by atoms with Gasteiger partial charge in [0.2, 0.25) is 0 Å². The number of halogens is 1.